The van der Waals surface area contributed by atoms with E-state index in [4.69, 9.17) is 11.5 Å². The number of benzene rings is 1. The molecule has 0 bridgehead atoms. The highest BCUT2D eigenvalue weighted by Gasteiger charge is 2.18. The molecule has 0 atom stereocenters. The molecule has 7 heteroatoms. The van der Waals surface area contributed by atoms with Crippen molar-refractivity contribution in [2.45, 2.75) is 6.54 Å². The van der Waals surface area contributed by atoms with Crippen molar-refractivity contribution in [3.05, 3.63) is 54.1 Å². The fourth-order valence-electron chi connectivity index (χ4n) is 1.82. The third-order valence-electron chi connectivity index (χ3n) is 2.79. The highest BCUT2D eigenvalue weighted by atomic mass is 16.2. The number of rotatable bonds is 5. The molecule has 2 amide bonds. The lowest BCUT2D eigenvalue weighted by atomic mass is 10.2. The molecule has 1 aromatic heterocycles. The van der Waals surface area contributed by atoms with Crippen molar-refractivity contribution in [3.63, 3.8) is 0 Å². The molecule has 0 fully saturated rings. The first-order valence-electron chi connectivity index (χ1n) is 6.23. The van der Waals surface area contributed by atoms with Crippen molar-refractivity contribution in [1.29, 1.82) is 0 Å². The predicted octanol–water partition coefficient (Wildman–Crippen LogP) is 0.186. The van der Waals surface area contributed by atoms with Crippen LogP contribution in [0.25, 0.3) is 0 Å². The normalized spacial score (nSPS) is 10.1. The van der Waals surface area contributed by atoms with Gasteiger partial charge in [-0.25, -0.2) is 9.97 Å². The number of hydrogen-bond acceptors (Lipinski definition) is 5. The Morgan fingerprint density at radius 2 is 1.71 bits per heavy atom. The molecule has 2 aromatic rings. The molecule has 4 N–H and O–H groups in total. The topological polar surface area (TPSA) is 115 Å². The van der Waals surface area contributed by atoms with Crippen LogP contribution in [0.5, 0.6) is 0 Å². The van der Waals surface area contributed by atoms with Crippen LogP contribution in [0, 0.1) is 0 Å². The molecule has 0 aliphatic heterocycles. The van der Waals surface area contributed by atoms with Crippen LogP contribution >= 0.6 is 0 Å². The summed E-state index contributed by atoms with van der Waals surface area (Å²) < 4.78 is 0. The Hall–Kier alpha value is -2.96. The SMILES string of the molecule is NC(=O)CN(Cc1ccc(N)cc1)C(=O)c1cncnc1. The van der Waals surface area contributed by atoms with Crippen molar-refractivity contribution in [2.24, 2.45) is 5.73 Å². The Bertz CT molecular complexity index is 628. The summed E-state index contributed by atoms with van der Waals surface area (Å²) in [4.78, 5) is 32.5. The summed E-state index contributed by atoms with van der Waals surface area (Å²) in [5.74, 6) is -0.943. The smallest absolute Gasteiger partial charge is 0.257 e. The molecule has 0 saturated carbocycles. The van der Waals surface area contributed by atoms with Gasteiger partial charge in [0.05, 0.1) is 12.1 Å². The van der Waals surface area contributed by atoms with E-state index in [1.807, 2.05) is 0 Å². The Labute approximate surface area is 121 Å². The van der Waals surface area contributed by atoms with Crippen molar-refractivity contribution >= 4 is 17.5 Å². The lowest BCUT2D eigenvalue weighted by Crippen LogP contribution is -2.38. The average molecular weight is 285 g/mol. The summed E-state index contributed by atoms with van der Waals surface area (Å²) in [7, 11) is 0. The van der Waals surface area contributed by atoms with Crippen LogP contribution in [0.1, 0.15) is 15.9 Å². The first-order valence-corrected chi connectivity index (χ1v) is 6.23. The Morgan fingerprint density at radius 3 is 2.29 bits per heavy atom. The monoisotopic (exact) mass is 285 g/mol. The van der Waals surface area contributed by atoms with E-state index in [1.165, 1.54) is 23.6 Å². The van der Waals surface area contributed by atoms with E-state index in [0.717, 1.165) is 5.56 Å². The first kappa shape index (κ1) is 14.4. The molecule has 108 valence electrons. The number of carbonyl (C=O) groups excluding carboxylic acids is 2. The molecule has 0 radical (unpaired) electrons. The van der Waals surface area contributed by atoms with Gasteiger partial charge in [0.2, 0.25) is 5.91 Å². The molecule has 0 saturated heterocycles. The van der Waals surface area contributed by atoms with Crippen molar-refractivity contribution in [1.82, 2.24) is 14.9 Å². The first-order chi connectivity index (χ1) is 10.1. The number of carbonyl (C=O) groups is 2. The quantitative estimate of drug-likeness (QED) is 0.761. The van der Waals surface area contributed by atoms with Crippen LogP contribution < -0.4 is 11.5 Å². The van der Waals surface area contributed by atoms with Crippen LogP contribution in [0.3, 0.4) is 0 Å². The molecule has 2 rings (SSSR count). The predicted molar refractivity (Wildman–Crippen MR) is 76.8 cm³/mol. The van der Waals surface area contributed by atoms with Gasteiger partial charge in [0.1, 0.15) is 6.33 Å². The zero-order valence-electron chi connectivity index (χ0n) is 11.3. The zero-order chi connectivity index (χ0) is 15.2. The van der Waals surface area contributed by atoms with Gasteiger partial charge in [0, 0.05) is 24.6 Å². The average Bonchev–Trinajstić information content (AvgIpc) is 2.48. The molecule has 0 aliphatic rings. The van der Waals surface area contributed by atoms with Gasteiger partial charge in [-0.15, -0.1) is 0 Å². The number of nitrogens with two attached hydrogens (primary N) is 2. The lowest BCUT2D eigenvalue weighted by Gasteiger charge is -2.21. The second-order valence-electron chi connectivity index (χ2n) is 4.50. The number of nitrogen functional groups attached to an aromatic ring is 1. The summed E-state index contributed by atoms with van der Waals surface area (Å²) >= 11 is 0. The fraction of sp³-hybridized carbons (Fsp3) is 0.143. The molecule has 21 heavy (non-hydrogen) atoms. The third kappa shape index (κ3) is 4.00. The number of primary amides is 1. The standard InChI is InChI=1S/C14H15N5O2/c15-12-3-1-10(2-4-12)7-19(8-13(16)20)14(21)11-5-17-9-18-6-11/h1-6,9H,7-8,15H2,(H2,16,20). The van der Waals surface area contributed by atoms with Gasteiger partial charge in [0.25, 0.3) is 5.91 Å². The van der Waals surface area contributed by atoms with Gasteiger partial charge in [-0.3, -0.25) is 9.59 Å². The van der Waals surface area contributed by atoms with E-state index in [1.54, 1.807) is 24.3 Å². The van der Waals surface area contributed by atoms with Crippen molar-refractivity contribution < 1.29 is 9.59 Å². The van der Waals surface area contributed by atoms with Crippen LogP contribution in [0.2, 0.25) is 0 Å². The lowest BCUT2D eigenvalue weighted by molar-refractivity contribution is -0.118. The number of hydrogen-bond donors (Lipinski definition) is 2. The van der Waals surface area contributed by atoms with E-state index < -0.39 is 5.91 Å². The molecule has 7 nitrogen and oxygen atoms in total. The van der Waals surface area contributed by atoms with Gasteiger partial charge in [-0.05, 0) is 17.7 Å². The van der Waals surface area contributed by atoms with Crippen LogP contribution in [0.4, 0.5) is 5.69 Å². The number of amides is 2. The number of aromatic nitrogens is 2. The maximum Gasteiger partial charge on any atom is 0.257 e. The van der Waals surface area contributed by atoms with Gasteiger partial charge in [-0.2, -0.15) is 0 Å². The van der Waals surface area contributed by atoms with E-state index in [2.05, 4.69) is 9.97 Å². The zero-order valence-corrected chi connectivity index (χ0v) is 11.3. The maximum atomic E-state index is 12.4. The minimum absolute atomic E-state index is 0.182. The molecule has 0 aliphatic carbocycles. The van der Waals surface area contributed by atoms with E-state index >= 15 is 0 Å². The molecule has 0 spiro atoms. The van der Waals surface area contributed by atoms with Crippen molar-refractivity contribution in [3.8, 4) is 0 Å². The summed E-state index contributed by atoms with van der Waals surface area (Å²) in [6, 6.07) is 7.04. The third-order valence-corrected chi connectivity index (χ3v) is 2.79. The van der Waals surface area contributed by atoms with Crippen LogP contribution in [-0.2, 0) is 11.3 Å². The largest absolute Gasteiger partial charge is 0.399 e. The summed E-state index contributed by atoms with van der Waals surface area (Å²) in [6.45, 7) is 0.0645. The van der Waals surface area contributed by atoms with Gasteiger partial charge < -0.3 is 16.4 Å². The molecule has 1 heterocycles. The summed E-state index contributed by atoms with van der Waals surface area (Å²) in [6.07, 6.45) is 4.12. The highest BCUT2D eigenvalue weighted by molar-refractivity contribution is 5.95. The van der Waals surface area contributed by atoms with E-state index in [9.17, 15) is 9.59 Å². The Balaban J connectivity index is 2.20. The summed E-state index contributed by atoms with van der Waals surface area (Å²) in [5.41, 5.74) is 12.6. The fourth-order valence-corrected chi connectivity index (χ4v) is 1.82. The van der Waals surface area contributed by atoms with Crippen LogP contribution in [-0.4, -0.2) is 33.2 Å². The van der Waals surface area contributed by atoms with E-state index in [0.29, 0.717) is 11.3 Å². The maximum absolute atomic E-state index is 12.4. The number of anilines is 1. The second-order valence-corrected chi connectivity index (χ2v) is 4.50. The summed E-state index contributed by atoms with van der Waals surface area (Å²) in [5, 5.41) is 0. The van der Waals surface area contributed by atoms with Crippen LogP contribution in [0.15, 0.2) is 43.0 Å². The molecule has 0 unspecified atom stereocenters. The van der Waals surface area contributed by atoms with Gasteiger partial charge >= 0.3 is 0 Å². The Morgan fingerprint density at radius 1 is 1.10 bits per heavy atom. The molecule has 1 aromatic carbocycles. The number of nitrogens with zero attached hydrogens (tertiary/aromatic N) is 3. The second kappa shape index (κ2) is 6.47. The minimum atomic E-state index is -0.587. The molecular formula is C14H15N5O2. The van der Waals surface area contributed by atoms with Crippen molar-refractivity contribution in [2.75, 3.05) is 12.3 Å². The minimum Gasteiger partial charge on any atom is -0.399 e. The van der Waals surface area contributed by atoms with Gasteiger partial charge in [0.15, 0.2) is 0 Å². The molecular weight excluding hydrogens is 270 g/mol. The van der Waals surface area contributed by atoms with Gasteiger partial charge in [-0.1, -0.05) is 12.1 Å². The van der Waals surface area contributed by atoms with E-state index in [-0.39, 0.29) is 19.0 Å². The Kier molecular flexibility index (Phi) is 4.45. The highest BCUT2D eigenvalue weighted by Crippen LogP contribution is 2.11.